The lowest BCUT2D eigenvalue weighted by molar-refractivity contribution is 0.458. The number of aromatic nitrogens is 1. The van der Waals surface area contributed by atoms with E-state index in [9.17, 15) is 0 Å². The standard InChI is InChI=1S/C34H28BNO2/c1-21-15-25(20-36-19-21)23-11-9-22(10-12-23)24-13-14-28-30(16-24)38-32-18-26(34(2,3)4)17-31-33(32)35(28)27-7-5-6-8-29(27)37-31/h5-20H,1-4H3. The molecule has 0 bridgehead atoms. The second-order valence-corrected chi connectivity index (χ2v) is 11.4. The highest BCUT2D eigenvalue weighted by molar-refractivity contribution is 6.98. The molecule has 0 N–H and O–H groups in total. The largest absolute Gasteiger partial charge is 0.458 e. The summed E-state index contributed by atoms with van der Waals surface area (Å²) in [5, 5.41) is 0. The van der Waals surface area contributed by atoms with Crippen LogP contribution in [0, 0.1) is 6.92 Å². The smallest absolute Gasteiger partial charge is 0.260 e. The third-order valence-corrected chi connectivity index (χ3v) is 7.68. The summed E-state index contributed by atoms with van der Waals surface area (Å²) in [5.74, 6) is 3.60. The molecule has 0 atom stereocenters. The van der Waals surface area contributed by atoms with Crippen molar-refractivity contribution >= 4 is 23.1 Å². The van der Waals surface area contributed by atoms with Crippen LogP contribution in [0.1, 0.15) is 31.9 Å². The van der Waals surface area contributed by atoms with E-state index in [1.807, 2.05) is 18.5 Å². The minimum absolute atomic E-state index is 0.0264. The van der Waals surface area contributed by atoms with Gasteiger partial charge in [-0.15, -0.1) is 0 Å². The number of nitrogens with zero attached hydrogens (tertiary/aromatic N) is 1. The van der Waals surface area contributed by atoms with Crippen LogP contribution in [0.5, 0.6) is 23.0 Å². The molecule has 0 fully saturated rings. The number of fused-ring (bicyclic) bond motifs is 4. The molecule has 184 valence electrons. The Bertz CT molecular complexity index is 1720. The van der Waals surface area contributed by atoms with Crippen LogP contribution in [0.3, 0.4) is 0 Å². The Labute approximate surface area is 224 Å². The van der Waals surface area contributed by atoms with E-state index in [0.29, 0.717) is 0 Å². The Kier molecular flexibility index (Phi) is 5.03. The first-order valence-corrected chi connectivity index (χ1v) is 13.1. The molecule has 7 rings (SSSR count). The van der Waals surface area contributed by atoms with Crippen LogP contribution in [0.25, 0.3) is 22.3 Å². The fourth-order valence-corrected chi connectivity index (χ4v) is 5.62. The van der Waals surface area contributed by atoms with Gasteiger partial charge in [-0.25, -0.2) is 0 Å². The second kappa shape index (κ2) is 8.36. The molecule has 3 nitrogen and oxygen atoms in total. The van der Waals surface area contributed by atoms with E-state index in [1.165, 1.54) is 16.5 Å². The molecule has 0 unspecified atom stereocenters. The molecule has 0 spiro atoms. The second-order valence-electron chi connectivity index (χ2n) is 11.4. The molecule has 2 aliphatic rings. The zero-order valence-corrected chi connectivity index (χ0v) is 22.1. The Balaban J connectivity index is 1.33. The van der Waals surface area contributed by atoms with Crippen molar-refractivity contribution in [1.82, 2.24) is 4.98 Å². The van der Waals surface area contributed by atoms with Gasteiger partial charge in [-0.2, -0.15) is 0 Å². The Morgan fingerprint density at radius 3 is 1.95 bits per heavy atom. The summed E-state index contributed by atoms with van der Waals surface area (Å²) in [4.78, 5) is 4.35. The normalized spacial score (nSPS) is 13.1. The summed E-state index contributed by atoms with van der Waals surface area (Å²) in [6, 6.07) is 30.2. The maximum atomic E-state index is 6.66. The van der Waals surface area contributed by atoms with Crippen LogP contribution < -0.4 is 25.9 Å². The third kappa shape index (κ3) is 3.71. The molecule has 4 heteroatoms. The number of benzene rings is 4. The van der Waals surface area contributed by atoms with E-state index in [0.717, 1.165) is 56.3 Å². The monoisotopic (exact) mass is 493 g/mol. The summed E-state index contributed by atoms with van der Waals surface area (Å²) >= 11 is 0. The van der Waals surface area contributed by atoms with Gasteiger partial charge in [0.1, 0.15) is 23.0 Å². The molecular weight excluding hydrogens is 465 g/mol. The van der Waals surface area contributed by atoms with Crippen LogP contribution in [-0.2, 0) is 5.41 Å². The van der Waals surface area contributed by atoms with E-state index in [4.69, 9.17) is 9.47 Å². The van der Waals surface area contributed by atoms with Crippen LogP contribution in [0.4, 0.5) is 0 Å². The average Bonchev–Trinajstić information content (AvgIpc) is 2.92. The van der Waals surface area contributed by atoms with Crippen molar-refractivity contribution in [2.24, 2.45) is 0 Å². The van der Waals surface area contributed by atoms with Crippen molar-refractivity contribution < 1.29 is 9.47 Å². The van der Waals surface area contributed by atoms with Gasteiger partial charge in [0.2, 0.25) is 0 Å². The van der Waals surface area contributed by atoms with Gasteiger partial charge in [-0.1, -0.05) is 75.4 Å². The van der Waals surface area contributed by atoms with Gasteiger partial charge in [0.25, 0.3) is 6.71 Å². The van der Waals surface area contributed by atoms with Gasteiger partial charge in [-0.05, 0) is 81.4 Å². The molecule has 2 aliphatic heterocycles. The first-order valence-electron chi connectivity index (χ1n) is 13.1. The molecule has 5 aromatic rings. The van der Waals surface area contributed by atoms with Crippen molar-refractivity contribution in [3.05, 3.63) is 108 Å². The van der Waals surface area contributed by atoms with Crippen LogP contribution in [0.2, 0.25) is 0 Å². The average molecular weight is 493 g/mol. The highest BCUT2D eigenvalue weighted by Gasteiger charge is 2.40. The fourth-order valence-electron chi connectivity index (χ4n) is 5.62. The molecule has 0 saturated heterocycles. The zero-order chi connectivity index (χ0) is 26.0. The molecule has 3 heterocycles. The molecule has 0 aliphatic carbocycles. The first kappa shape index (κ1) is 22.9. The lowest BCUT2D eigenvalue weighted by Crippen LogP contribution is -2.57. The molecule has 1 aromatic heterocycles. The number of pyridine rings is 1. The van der Waals surface area contributed by atoms with Gasteiger partial charge in [0.15, 0.2) is 0 Å². The minimum atomic E-state index is -0.0264. The SMILES string of the molecule is Cc1cncc(-c2ccc(-c3ccc4c(c3)Oc3cc(C(C)(C)C)cc5c3B4c3ccccc3O5)cc2)c1. The molecule has 0 amide bonds. The van der Waals surface area contributed by atoms with Crippen molar-refractivity contribution in [3.8, 4) is 45.3 Å². The van der Waals surface area contributed by atoms with Crippen LogP contribution in [-0.4, -0.2) is 11.7 Å². The van der Waals surface area contributed by atoms with E-state index in [-0.39, 0.29) is 12.1 Å². The molecular formula is C34H28BNO2. The van der Waals surface area contributed by atoms with Gasteiger partial charge in [0.05, 0.1) is 0 Å². The van der Waals surface area contributed by atoms with Gasteiger partial charge in [-0.3, -0.25) is 4.98 Å². The van der Waals surface area contributed by atoms with Crippen LogP contribution in [0.15, 0.2) is 97.3 Å². The lowest BCUT2D eigenvalue weighted by atomic mass is 9.34. The van der Waals surface area contributed by atoms with Gasteiger partial charge >= 0.3 is 0 Å². The lowest BCUT2D eigenvalue weighted by Gasteiger charge is -2.34. The zero-order valence-electron chi connectivity index (χ0n) is 22.1. The van der Waals surface area contributed by atoms with Crippen molar-refractivity contribution in [2.75, 3.05) is 0 Å². The number of hydrogen-bond donors (Lipinski definition) is 0. The Hall–Kier alpha value is -4.31. The van der Waals surface area contributed by atoms with Gasteiger partial charge in [0, 0.05) is 23.4 Å². The predicted octanol–water partition coefficient (Wildman–Crippen LogP) is 6.75. The fraction of sp³-hybridized carbons (Fsp3) is 0.147. The minimum Gasteiger partial charge on any atom is -0.458 e. The summed E-state index contributed by atoms with van der Waals surface area (Å²) in [7, 11) is 0. The number of para-hydroxylation sites is 1. The third-order valence-electron chi connectivity index (χ3n) is 7.68. The first-order chi connectivity index (χ1) is 18.3. The number of hydrogen-bond acceptors (Lipinski definition) is 3. The highest BCUT2D eigenvalue weighted by atomic mass is 16.5. The molecule has 4 aromatic carbocycles. The Morgan fingerprint density at radius 1 is 0.605 bits per heavy atom. The maximum absolute atomic E-state index is 6.66. The topological polar surface area (TPSA) is 31.4 Å². The van der Waals surface area contributed by atoms with E-state index < -0.39 is 0 Å². The summed E-state index contributed by atoms with van der Waals surface area (Å²) in [6.45, 7) is 8.82. The predicted molar refractivity (Wildman–Crippen MR) is 156 cm³/mol. The molecule has 38 heavy (non-hydrogen) atoms. The van der Waals surface area contributed by atoms with Crippen LogP contribution >= 0.6 is 0 Å². The number of aryl methyl sites for hydroxylation is 1. The maximum Gasteiger partial charge on any atom is 0.260 e. The summed E-state index contributed by atoms with van der Waals surface area (Å²) in [5.41, 5.74) is 10.4. The van der Waals surface area contributed by atoms with Crippen molar-refractivity contribution in [1.29, 1.82) is 0 Å². The molecule has 0 radical (unpaired) electrons. The van der Waals surface area contributed by atoms with Crippen molar-refractivity contribution in [3.63, 3.8) is 0 Å². The van der Waals surface area contributed by atoms with E-state index in [1.54, 1.807) is 0 Å². The van der Waals surface area contributed by atoms with E-state index in [2.05, 4.69) is 112 Å². The van der Waals surface area contributed by atoms with Gasteiger partial charge < -0.3 is 9.47 Å². The quantitative estimate of drug-likeness (QED) is 0.250. The van der Waals surface area contributed by atoms with E-state index >= 15 is 0 Å². The number of ether oxygens (including phenoxy) is 2. The molecule has 0 saturated carbocycles. The summed E-state index contributed by atoms with van der Waals surface area (Å²) in [6.07, 6.45) is 3.80. The highest BCUT2D eigenvalue weighted by Crippen LogP contribution is 2.39. The Morgan fingerprint density at radius 2 is 1.24 bits per heavy atom. The van der Waals surface area contributed by atoms with Crippen molar-refractivity contribution in [2.45, 2.75) is 33.1 Å². The number of rotatable bonds is 2. The summed E-state index contributed by atoms with van der Waals surface area (Å²) < 4.78 is 13.1.